The number of anilines is 1. The van der Waals surface area contributed by atoms with Gasteiger partial charge in [0.25, 0.3) is 0 Å². The molecule has 5 atom stereocenters. The molecule has 5 rings (SSSR count). The van der Waals surface area contributed by atoms with Gasteiger partial charge in [-0.25, -0.2) is 4.39 Å². The maximum atomic E-state index is 15.2. The van der Waals surface area contributed by atoms with Gasteiger partial charge in [-0.05, 0) is 104 Å². The number of aliphatic hydroxyl groups excluding tert-OH is 1. The summed E-state index contributed by atoms with van der Waals surface area (Å²) in [5, 5.41) is 11.0. The number of aliphatic hydroxyl groups is 1. The third-order valence-corrected chi connectivity index (χ3v) is 8.81. The number of ketones is 1. The quantitative estimate of drug-likeness (QED) is 0.539. The highest BCUT2D eigenvalue weighted by molar-refractivity contribution is 5.93. The second-order valence-electron chi connectivity index (χ2n) is 11.0. The van der Waals surface area contributed by atoms with Crippen molar-refractivity contribution in [2.45, 2.75) is 77.7 Å². The molecule has 0 amide bonds. The van der Waals surface area contributed by atoms with Crippen molar-refractivity contribution in [3.05, 3.63) is 51.9 Å². The molecular weight excluding hydrogens is 425 g/mol. The van der Waals surface area contributed by atoms with E-state index in [1.54, 1.807) is 13.0 Å². The second kappa shape index (κ2) is 9.34. The molecule has 4 aliphatic carbocycles. The molecule has 34 heavy (non-hydrogen) atoms. The van der Waals surface area contributed by atoms with Crippen LogP contribution in [0.1, 0.15) is 75.8 Å². The lowest BCUT2D eigenvalue weighted by Crippen LogP contribution is -2.45. The van der Waals surface area contributed by atoms with E-state index in [4.69, 9.17) is 0 Å². The standard InChI is InChI=1S/C27H34FNO2.C3H4/c1-15-11-17(13-23(28)26(15)29(3)4)21-14-27(2)22(9-10-24(27)31)20-7-5-16-12-18(30)6-8-19(16)25(20)21;1-3-2/h11-13,20-22,24,31H,5-10,14H2,1-4H3;1H,2H3. The van der Waals surface area contributed by atoms with Crippen molar-refractivity contribution in [1.29, 1.82) is 0 Å². The molecule has 0 bridgehead atoms. The van der Waals surface area contributed by atoms with Gasteiger partial charge in [0.05, 0.1) is 11.8 Å². The Labute approximate surface area is 204 Å². The fourth-order valence-electron chi connectivity index (χ4n) is 7.46. The molecule has 0 aliphatic heterocycles. The maximum Gasteiger partial charge on any atom is 0.156 e. The molecule has 0 radical (unpaired) electrons. The van der Waals surface area contributed by atoms with Crippen molar-refractivity contribution in [3.63, 3.8) is 0 Å². The fourth-order valence-corrected chi connectivity index (χ4v) is 7.46. The van der Waals surface area contributed by atoms with Crippen LogP contribution < -0.4 is 4.90 Å². The van der Waals surface area contributed by atoms with E-state index in [1.807, 2.05) is 32.0 Å². The van der Waals surface area contributed by atoms with E-state index in [1.165, 1.54) is 16.7 Å². The zero-order chi connectivity index (χ0) is 24.8. The van der Waals surface area contributed by atoms with Crippen molar-refractivity contribution >= 4 is 11.5 Å². The van der Waals surface area contributed by atoms with Crippen LogP contribution in [0.4, 0.5) is 10.1 Å². The molecular formula is C30H38FNO2. The molecule has 4 aliphatic rings. The van der Waals surface area contributed by atoms with Crippen molar-refractivity contribution in [1.82, 2.24) is 0 Å². The number of aryl methyl sites for hydroxylation is 1. The monoisotopic (exact) mass is 463 g/mol. The number of hydrogen-bond acceptors (Lipinski definition) is 3. The number of benzene rings is 1. The molecule has 5 unspecified atom stereocenters. The number of hydrogen-bond donors (Lipinski definition) is 1. The third kappa shape index (κ3) is 4.03. The van der Waals surface area contributed by atoms with Gasteiger partial charge in [0.15, 0.2) is 5.78 Å². The van der Waals surface area contributed by atoms with Gasteiger partial charge in [0.2, 0.25) is 0 Å². The van der Waals surface area contributed by atoms with Crippen LogP contribution in [0.25, 0.3) is 0 Å². The number of allylic oxidation sites excluding steroid dienone is 4. The molecule has 182 valence electrons. The first-order valence-corrected chi connectivity index (χ1v) is 12.6. The molecule has 1 aromatic rings. The molecule has 0 heterocycles. The number of nitrogens with zero attached hydrogens (tertiary/aromatic N) is 1. The summed E-state index contributed by atoms with van der Waals surface area (Å²) in [6.45, 7) is 5.90. The van der Waals surface area contributed by atoms with Gasteiger partial charge in [0.1, 0.15) is 5.82 Å². The van der Waals surface area contributed by atoms with E-state index in [9.17, 15) is 9.90 Å². The lowest BCUT2D eigenvalue weighted by atomic mass is 9.53. The Morgan fingerprint density at radius 2 is 1.88 bits per heavy atom. The highest BCUT2D eigenvalue weighted by Gasteiger charge is 2.56. The van der Waals surface area contributed by atoms with Crippen LogP contribution in [0.3, 0.4) is 0 Å². The SMILES string of the molecule is C#CC.Cc1cc(C2CC3(C)C(O)CCC3C3CCC4=CC(=O)CCC4=C23)cc(F)c1N(C)C. The summed E-state index contributed by atoms with van der Waals surface area (Å²) in [6.07, 6.45) is 12.4. The van der Waals surface area contributed by atoms with Gasteiger partial charge in [-0.3, -0.25) is 4.79 Å². The molecule has 0 spiro atoms. The molecule has 1 N–H and O–H groups in total. The first-order valence-electron chi connectivity index (χ1n) is 12.6. The number of carbonyl (C=O) groups is 1. The fraction of sp³-hybridized carbons (Fsp3) is 0.567. The summed E-state index contributed by atoms with van der Waals surface area (Å²) in [7, 11) is 3.76. The summed E-state index contributed by atoms with van der Waals surface area (Å²) >= 11 is 0. The van der Waals surface area contributed by atoms with Gasteiger partial charge < -0.3 is 10.0 Å². The minimum Gasteiger partial charge on any atom is -0.393 e. The van der Waals surface area contributed by atoms with Crippen molar-refractivity contribution in [2.75, 3.05) is 19.0 Å². The Hall–Kier alpha value is -2.38. The van der Waals surface area contributed by atoms with Crippen LogP contribution in [0.2, 0.25) is 0 Å². The lowest BCUT2D eigenvalue weighted by molar-refractivity contribution is -0.114. The lowest BCUT2D eigenvalue weighted by Gasteiger charge is -2.52. The van der Waals surface area contributed by atoms with E-state index in [0.717, 1.165) is 49.7 Å². The predicted molar refractivity (Wildman–Crippen MR) is 136 cm³/mol. The summed E-state index contributed by atoms with van der Waals surface area (Å²) in [6, 6.07) is 3.89. The van der Waals surface area contributed by atoms with Gasteiger partial charge in [-0.1, -0.05) is 18.6 Å². The van der Waals surface area contributed by atoms with Crippen molar-refractivity contribution in [2.24, 2.45) is 17.3 Å². The molecule has 3 nitrogen and oxygen atoms in total. The molecule has 1 aromatic carbocycles. The number of terminal acetylenes is 1. The van der Waals surface area contributed by atoms with Crippen LogP contribution in [0.5, 0.6) is 0 Å². The Kier molecular flexibility index (Phi) is 6.80. The Balaban J connectivity index is 0.000000868. The first-order chi connectivity index (χ1) is 16.1. The van der Waals surface area contributed by atoms with Gasteiger partial charge >= 0.3 is 0 Å². The Morgan fingerprint density at radius 1 is 1.18 bits per heavy atom. The van der Waals surface area contributed by atoms with Crippen LogP contribution in [-0.2, 0) is 4.79 Å². The molecule has 2 saturated carbocycles. The van der Waals surface area contributed by atoms with Crippen LogP contribution in [-0.4, -0.2) is 31.1 Å². The molecule has 4 heteroatoms. The molecule has 2 fully saturated rings. The Morgan fingerprint density at radius 3 is 2.53 bits per heavy atom. The molecule has 0 aromatic heterocycles. The summed E-state index contributed by atoms with van der Waals surface area (Å²) < 4.78 is 15.2. The highest BCUT2D eigenvalue weighted by atomic mass is 19.1. The van der Waals surface area contributed by atoms with E-state index in [2.05, 4.69) is 25.3 Å². The van der Waals surface area contributed by atoms with E-state index in [0.29, 0.717) is 23.9 Å². The van der Waals surface area contributed by atoms with Gasteiger partial charge in [0, 0.05) is 26.4 Å². The topological polar surface area (TPSA) is 40.5 Å². The first kappa shape index (κ1) is 24.7. The summed E-state index contributed by atoms with van der Waals surface area (Å²) in [5.74, 6) is 3.33. The number of carbonyl (C=O) groups excluding carboxylic acids is 1. The number of halogens is 1. The minimum atomic E-state index is -0.289. The summed E-state index contributed by atoms with van der Waals surface area (Å²) in [4.78, 5) is 13.9. The maximum absolute atomic E-state index is 15.2. The third-order valence-electron chi connectivity index (χ3n) is 8.81. The summed E-state index contributed by atoms with van der Waals surface area (Å²) in [5.41, 5.74) is 6.55. The van der Waals surface area contributed by atoms with Crippen LogP contribution in [0, 0.1) is 42.3 Å². The zero-order valence-electron chi connectivity index (χ0n) is 21.2. The van der Waals surface area contributed by atoms with E-state index in [-0.39, 0.29) is 29.0 Å². The molecule has 0 saturated heterocycles. The average Bonchev–Trinajstić information content (AvgIpc) is 3.07. The normalized spacial score (nSPS) is 31.9. The van der Waals surface area contributed by atoms with Crippen molar-refractivity contribution in [3.8, 4) is 12.3 Å². The Bertz CT molecular complexity index is 1070. The predicted octanol–water partition coefficient (Wildman–Crippen LogP) is 6.10. The highest BCUT2D eigenvalue weighted by Crippen LogP contribution is 2.63. The zero-order valence-corrected chi connectivity index (χ0v) is 21.2. The smallest absolute Gasteiger partial charge is 0.156 e. The van der Waals surface area contributed by atoms with Crippen LogP contribution >= 0.6 is 0 Å². The van der Waals surface area contributed by atoms with Crippen LogP contribution in [0.15, 0.2) is 34.9 Å². The second-order valence-corrected chi connectivity index (χ2v) is 11.0. The number of fused-ring (bicyclic) bond motifs is 4. The van der Waals surface area contributed by atoms with E-state index >= 15 is 4.39 Å². The van der Waals surface area contributed by atoms with E-state index < -0.39 is 0 Å². The minimum absolute atomic E-state index is 0.107. The average molecular weight is 464 g/mol. The van der Waals surface area contributed by atoms with Crippen molar-refractivity contribution < 1.29 is 14.3 Å². The number of rotatable bonds is 2. The largest absolute Gasteiger partial charge is 0.393 e. The van der Waals surface area contributed by atoms with Gasteiger partial charge in [-0.2, -0.15) is 0 Å². The van der Waals surface area contributed by atoms with Gasteiger partial charge in [-0.15, -0.1) is 12.3 Å².